The van der Waals surface area contributed by atoms with Gasteiger partial charge in [-0.25, -0.2) is 18.6 Å². The van der Waals surface area contributed by atoms with E-state index in [0.717, 1.165) is 5.56 Å². The molecular formula is C21H24F2N2O4. The number of carbonyl (C=O) groups is 1. The van der Waals surface area contributed by atoms with Crippen LogP contribution in [-0.2, 0) is 16.1 Å². The Morgan fingerprint density at radius 3 is 2.52 bits per heavy atom. The Labute approximate surface area is 168 Å². The van der Waals surface area contributed by atoms with Gasteiger partial charge < -0.3 is 19.1 Å². The van der Waals surface area contributed by atoms with Crippen molar-refractivity contribution in [2.75, 3.05) is 38.3 Å². The molecule has 0 amide bonds. The van der Waals surface area contributed by atoms with E-state index >= 15 is 0 Å². The minimum Gasteiger partial charge on any atom is -0.487 e. The SMILES string of the molecule is COC(=O)c1ccc(OCCOCc2ccccc2)c(N2CCC(F)(F)CC2)n1. The molecular weight excluding hydrogens is 382 g/mol. The van der Waals surface area contributed by atoms with Crippen molar-refractivity contribution in [3.8, 4) is 5.75 Å². The first-order chi connectivity index (χ1) is 14.0. The van der Waals surface area contributed by atoms with Gasteiger partial charge in [0.25, 0.3) is 5.92 Å². The fraction of sp³-hybridized carbons (Fsp3) is 0.429. The van der Waals surface area contributed by atoms with E-state index in [2.05, 4.69) is 4.98 Å². The molecule has 1 aliphatic rings. The molecule has 1 saturated heterocycles. The summed E-state index contributed by atoms with van der Waals surface area (Å²) in [5.41, 5.74) is 1.17. The number of hydrogen-bond donors (Lipinski definition) is 0. The largest absolute Gasteiger partial charge is 0.487 e. The third-order valence-electron chi connectivity index (χ3n) is 4.63. The number of rotatable bonds is 8. The average molecular weight is 406 g/mol. The topological polar surface area (TPSA) is 60.9 Å². The van der Waals surface area contributed by atoms with Crippen LogP contribution in [0.1, 0.15) is 28.9 Å². The van der Waals surface area contributed by atoms with E-state index in [1.807, 2.05) is 30.3 Å². The van der Waals surface area contributed by atoms with Crippen molar-refractivity contribution in [3.05, 3.63) is 53.7 Å². The van der Waals surface area contributed by atoms with Gasteiger partial charge in [0.15, 0.2) is 17.3 Å². The van der Waals surface area contributed by atoms with Crippen molar-refractivity contribution in [1.29, 1.82) is 0 Å². The predicted molar refractivity (Wildman–Crippen MR) is 104 cm³/mol. The zero-order valence-corrected chi connectivity index (χ0v) is 16.3. The molecule has 0 aliphatic carbocycles. The summed E-state index contributed by atoms with van der Waals surface area (Å²) >= 11 is 0. The molecule has 8 heteroatoms. The monoisotopic (exact) mass is 406 g/mol. The van der Waals surface area contributed by atoms with Gasteiger partial charge >= 0.3 is 5.97 Å². The highest BCUT2D eigenvalue weighted by atomic mass is 19.3. The van der Waals surface area contributed by atoms with Crippen LogP contribution in [0.2, 0.25) is 0 Å². The zero-order valence-electron chi connectivity index (χ0n) is 16.3. The lowest BCUT2D eigenvalue weighted by Gasteiger charge is -2.33. The highest BCUT2D eigenvalue weighted by Gasteiger charge is 2.35. The number of benzene rings is 1. The van der Waals surface area contributed by atoms with Crippen LogP contribution in [0.4, 0.5) is 14.6 Å². The van der Waals surface area contributed by atoms with Crippen molar-refractivity contribution in [2.24, 2.45) is 0 Å². The van der Waals surface area contributed by atoms with Crippen LogP contribution in [0.15, 0.2) is 42.5 Å². The van der Waals surface area contributed by atoms with E-state index in [9.17, 15) is 13.6 Å². The molecule has 1 aromatic heterocycles. The first-order valence-electron chi connectivity index (χ1n) is 9.45. The Bertz CT molecular complexity index is 808. The van der Waals surface area contributed by atoms with E-state index in [1.165, 1.54) is 13.2 Å². The summed E-state index contributed by atoms with van der Waals surface area (Å²) in [5, 5.41) is 0. The summed E-state index contributed by atoms with van der Waals surface area (Å²) < 4.78 is 43.1. The maximum Gasteiger partial charge on any atom is 0.356 e. The molecule has 0 radical (unpaired) electrons. The van der Waals surface area contributed by atoms with Gasteiger partial charge in [0.05, 0.1) is 20.3 Å². The van der Waals surface area contributed by atoms with Crippen molar-refractivity contribution in [3.63, 3.8) is 0 Å². The number of ether oxygens (including phenoxy) is 3. The molecule has 0 saturated carbocycles. The standard InChI is InChI=1S/C21H24F2N2O4/c1-27-20(26)17-7-8-18(19(24-17)25-11-9-21(22,23)10-12-25)29-14-13-28-15-16-5-3-2-4-6-16/h2-8H,9-15H2,1H3. The lowest BCUT2D eigenvalue weighted by Crippen LogP contribution is -2.40. The van der Waals surface area contributed by atoms with Crippen LogP contribution in [0.5, 0.6) is 5.75 Å². The van der Waals surface area contributed by atoms with Gasteiger partial charge in [-0.3, -0.25) is 0 Å². The summed E-state index contributed by atoms with van der Waals surface area (Å²) in [7, 11) is 1.26. The Balaban J connectivity index is 1.62. The van der Waals surface area contributed by atoms with Gasteiger partial charge in [-0.05, 0) is 17.7 Å². The van der Waals surface area contributed by atoms with Gasteiger partial charge in [0.1, 0.15) is 6.61 Å². The summed E-state index contributed by atoms with van der Waals surface area (Å²) in [6.07, 6.45) is -0.534. The maximum atomic E-state index is 13.5. The summed E-state index contributed by atoms with van der Waals surface area (Å²) in [5.74, 6) is -2.48. The van der Waals surface area contributed by atoms with Gasteiger partial charge in [-0.15, -0.1) is 0 Å². The first kappa shape index (κ1) is 21.0. The molecule has 1 fully saturated rings. The van der Waals surface area contributed by atoms with Crippen LogP contribution < -0.4 is 9.64 Å². The van der Waals surface area contributed by atoms with Crippen LogP contribution >= 0.6 is 0 Å². The molecule has 6 nitrogen and oxygen atoms in total. The third-order valence-corrected chi connectivity index (χ3v) is 4.63. The lowest BCUT2D eigenvalue weighted by molar-refractivity contribution is -0.0222. The minimum atomic E-state index is -2.68. The molecule has 2 heterocycles. The molecule has 2 aromatic rings. The van der Waals surface area contributed by atoms with Crippen LogP contribution in [0, 0.1) is 0 Å². The second-order valence-corrected chi connectivity index (χ2v) is 6.74. The number of nitrogens with zero attached hydrogens (tertiary/aromatic N) is 2. The summed E-state index contributed by atoms with van der Waals surface area (Å²) in [4.78, 5) is 17.8. The van der Waals surface area contributed by atoms with Gasteiger partial charge in [0, 0.05) is 25.9 Å². The smallest absolute Gasteiger partial charge is 0.356 e. The number of pyridine rings is 1. The van der Waals surface area contributed by atoms with Crippen molar-refractivity contribution in [2.45, 2.75) is 25.4 Å². The van der Waals surface area contributed by atoms with Crippen LogP contribution in [0.3, 0.4) is 0 Å². The number of anilines is 1. The number of piperidine rings is 1. The Morgan fingerprint density at radius 2 is 1.83 bits per heavy atom. The molecule has 0 unspecified atom stereocenters. The second-order valence-electron chi connectivity index (χ2n) is 6.74. The van der Waals surface area contributed by atoms with E-state index in [0.29, 0.717) is 24.8 Å². The first-order valence-corrected chi connectivity index (χ1v) is 9.45. The maximum absolute atomic E-state index is 13.5. The average Bonchev–Trinajstić information content (AvgIpc) is 2.74. The van der Waals surface area contributed by atoms with Gasteiger partial charge in [-0.1, -0.05) is 30.3 Å². The molecule has 156 valence electrons. The van der Waals surface area contributed by atoms with E-state index in [-0.39, 0.29) is 38.2 Å². The fourth-order valence-electron chi connectivity index (χ4n) is 3.01. The molecule has 0 N–H and O–H groups in total. The van der Waals surface area contributed by atoms with Gasteiger partial charge in [0.2, 0.25) is 0 Å². The molecule has 0 bridgehead atoms. The molecule has 0 atom stereocenters. The van der Waals surface area contributed by atoms with E-state index in [1.54, 1.807) is 11.0 Å². The Hall–Kier alpha value is -2.74. The number of alkyl halides is 2. The predicted octanol–water partition coefficient (Wildman–Crippen LogP) is 3.70. The van der Waals surface area contributed by atoms with Gasteiger partial charge in [-0.2, -0.15) is 0 Å². The van der Waals surface area contributed by atoms with Crippen LogP contribution in [0.25, 0.3) is 0 Å². The minimum absolute atomic E-state index is 0.104. The number of carbonyl (C=O) groups excluding carboxylic acids is 1. The number of aromatic nitrogens is 1. The quantitative estimate of drug-likeness (QED) is 0.492. The van der Waals surface area contributed by atoms with Crippen LogP contribution in [-0.4, -0.2) is 50.3 Å². The molecule has 29 heavy (non-hydrogen) atoms. The third kappa shape index (κ3) is 5.87. The summed E-state index contributed by atoms with van der Waals surface area (Å²) in [6.45, 7) is 1.35. The molecule has 1 aromatic carbocycles. The lowest BCUT2D eigenvalue weighted by atomic mass is 10.1. The number of methoxy groups -OCH3 is 1. The number of halogens is 2. The number of esters is 1. The van der Waals surface area contributed by atoms with E-state index in [4.69, 9.17) is 14.2 Å². The highest BCUT2D eigenvalue weighted by Crippen LogP contribution is 2.34. The molecule has 3 rings (SSSR count). The van der Waals surface area contributed by atoms with E-state index < -0.39 is 11.9 Å². The Kier molecular flexibility index (Phi) is 6.98. The zero-order chi connectivity index (χ0) is 20.7. The summed E-state index contributed by atoms with van der Waals surface area (Å²) in [6, 6.07) is 12.9. The second kappa shape index (κ2) is 9.65. The van der Waals surface area contributed by atoms with Crippen molar-refractivity contribution < 1.29 is 27.8 Å². The molecule has 0 spiro atoms. The highest BCUT2D eigenvalue weighted by molar-refractivity contribution is 5.88. The van der Waals surface area contributed by atoms with Crippen molar-refractivity contribution >= 4 is 11.8 Å². The fourth-order valence-corrected chi connectivity index (χ4v) is 3.01. The van der Waals surface area contributed by atoms with Crippen molar-refractivity contribution in [1.82, 2.24) is 4.98 Å². The Morgan fingerprint density at radius 1 is 1.10 bits per heavy atom. The number of hydrogen-bond acceptors (Lipinski definition) is 6. The molecule has 1 aliphatic heterocycles. The normalized spacial score (nSPS) is 15.8.